The van der Waals surface area contributed by atoms with Gasteiger partial charge in [0.05, 0.1) is 19.3 Å². The molecule has 172 valence electrons. The predicted molar refractivity (Wildman–Crippen MR) is 137 cm³/mol. The number of guanidine groups is 1. The number of hydrogen-bond acceptors (Lipinski definition) is 4. The molecular weight excluding hydrogens is 503 g/mol. The number of nitrogens with one attached hydrogen (secondary N) is 2. The Morgan fingerprint density at radius 2 is 1.97 bits per heavy atom. The van der Waals surface area contributed by atoms with Crippen molar-refractivity contribution in [2.24, 2.45) is 4.99 Å². The maximum absolute atomic E-state index is 5.67. The van der Waals surface area contributed by atoms with Gasteiger partial charge >= 0.3 is 0 Å². The van der Waals surface area contributed by atoms with E-state index in [9.17, 15) is 0 Å². The number of benzene rings is 1. The van der Waals surface area contributed by atoms with Crippen molar-refractivity contribution in [1.82, 2.24) is 25.1 Å². The molecule has 8 heteroatoms. The second-order valence-corrected chi connectivity index (χ2v) is 8.06. The molecule has 0 radical (unpaired) electrons. The van der Waals surface area contributed by atoms with E-state index < -0.39 is 0 Å². The Kier molecular flexibility index (Phi) is 11.3. The molecule has 0 amide bonds. The van der Waals surface area contributed by atoms with E-state index in [4.69, 9.17) is 4.74 Å². The fourth-order valence-electron chi connectivity index (χ4n) is 3.70. The summed E-state index contributed by atoms with van der Waals surface area (Å²) in [7, 11) is 1.82. The number of likely N-dealkylation sites (tertiary alicyclic amines) is 1. The summed E-state index contributed by atoms with van der Waals surface area (Å²) >= 11 is 0. The molecule has 0 unspecified atom stereocenters. The SMILES string of the molecule is CN=C(NCc1nccn1Cc1ccccc1)NC1CCN(CCOC(C)C)CC1.I. The highest BCUT2D eigenvalue weighted by Gasteiger charge is 2.20. The summed E-state index contributed by atoms with van der Waals surface area (Å²) in [6, 6.07) is 10.9. The summed E-state index contributed by atoms with van der Waals surface area (Å²) in [5.41, 5.74) is 1.27. The summed E-state index contributed by atoms with van der Waals surface area (Å²) in [6.45, 7) is 9.66. The van der Waals surface area contributed by atoms with Crippen molar-refractivity contribution in [2.45, 2.75) is 51.9 Å². The molecule has 1 aliphatic rings. The van der Waals surface area contributed by atoms with Gasteiger partial charge in [-0.1, -0.05) is 30.3 Å². The molecule has 1 aromatic carbocycles. The highest BCUT2D eigenvalue weighted by Crippen LogP contribution is 2.10. The molecule has 1 aromatic heterocycles. The van der Waals surface area contributed by atoms with E-state index in [-0.39, 0.29) is 24.0 Å². The average molecular weight is 540 g/mol. The molecule has 1 saturated heterocycles. The first-order valence-corrected chi connectivity index (χ1v) is 11.0. The number of aromatic nitrogens is 2. The number of nitrogens with zero attached hydrogens (tertiary/aromatic N) is 4. The van der Waals surface area contributed by atoms with Gasteiger partial charge in [0, 0.05) is 51.7 Å². The highest BCUT2D eigenvalue weighted by atomic mass is 127. The number of aliphatic imine (C=N–C) groups is 1. The molecule has 2 aromatic rings. The molecule has 7 nitrogen and oxygen atoms in total. The van der Waals surface area contributed by atoms with Crippen molar-refractivity contribution >= 4 is 29.9 Å². The fourth-order valence-corrected chi connectivity index (χ4v) is 3.70. The van der Waals surface area contributed by atoms with Gasteiger partial charge in [0.25, 0.3) is 0 Å². The van der Waals surface area contributed by atoms with Crippen LogP contribution in [0.15, 0.2) is 47.7 Å². The van der Waals surface area contributed by atoms with Gasteiger partial charge in [0.15, 0.2) is 5.96 Å². The van der Waals surface area contributed by atoms with Crippen LogP contribution >= 0.6 is 24.0 Å². The first-order chi connectivity index (χ1) is 14.6. The number of halogens is 1. The maximum atomic E-state index is 5.67. The molecule has 0 atom stereocenters. The van der Waals surface area contributed by atoms with Crippen LogP contribution in [0.25, 0.3) is 0 Å². The Hall–Kier alpha value is -1.65. The third-order valence-electron chi connectivity index (χ3n) is 5.42. The molecule has 0 bridgehead atoms. The van der Waals surface area contributed by atoms with E-state index in [1.54, 1.807) is 0 Å². The Morgan fingerprint density at radius 3 is 2.65 bits per heavy atom. The third-order valence-corrected chi connectivity index (χ3v) is 5.42. The van der Waals surface area contributed by atoms with Gasteiger partial charge in [-0.3, -0.25) is 4.99 Å². The topological polar surface area (TPSA) is 66.7 Å². The van der Waals surface area contributed by atoms with E-state index in [1.165, 1.54) is 5.56 Å². The van der Waals surface area contributed by atoms with Gasteiger partial charge in [0.1, 0.15) is 5.82 Å². The lowest BCUT2D eigenvalue weighted by atomic mass is 10.1. The van der Waals surface area contributed by atoms with Gasteiger partial charge in [-0.15, -0.1) is 24.0 Å². The first kappa shape index (κ1) is 25.6. The van der Waals surface area contributed by atoms with Crippen molar-refractivity contribution < 1.29 is 4.74 Å². The van der Waals surface area contributed by atoms with Gasteiger partial charge in [0.2, 0.25) is 0 Å². The smallest absolute Gasteiger partial charge is 0.191 e. The van der Waals surface area contributed by atoms with Crippen molar-refractivity contribution in [2.75, 3.05) is 33.3 Å². The predicted octanol–water partition coefficient (Wildman–Crippen LogP) is 3.10. The second-order valence-electron chi connectivity index (χ2n) is 8.06. The lowest BCUT2D eigenvalue weighted by molar-refractivity contribution is 0.0532. The minimum atomic E-state index is 0. The van der Waals surface area contributed by atoms with E-state index in [1.807, 2.05) is 25.5 Å². The Balaban J connectivity index is 0.00000341. The lowest BCUT2D eigenvalue weighted by Gasteiger charge is -2.33. The molecule has 1 fully saturated rings. The average Bonchev–Trinajstić information content (AvgIpc) is 3.19. The number of piperidine rings is 1. The maximum Gasteiger partial charge on any atom is 0.191 e. The van der Waals surface area contributed by atoms with Gasteiger partial charge in [-0.05, 0) is 32.3 Å². The van der Waals surface area contributed by atoms with Crippen molar-refractivity contribution in [3.63, 3.8) is 0 Å². The van der Waals surface area contributed by atoms with Gasteiger partial charge in [-0.2, -0.15) is 0 Å². The van der Waals surface area contributed by atoms with E-state index in [2.05, 4.69) is 68.2 Å². The Labute approximate surface area is 203 Å². The summed E-state index contributed by atoms with van der Waals surface area (Å²) in [4.78, 5) is 11.4. The van der Waals surface area contributed by atoms with Crippen LogP contribution in [0.3, 0.4) is 0 Å². The molecule has 0 aliphatic carbocycles. The standard InChI is InChI=1S/C23H36N6O.HI/c1-19(2)30-16-15-28-12-9-21(10-13-28)27-23(24-3)26-17-22-25-11-14-29(22)18-20-7-5-4-6-8-20;/h4-8,11,14,19,21H,9-10,12-13,15-18H2,1-3H3,(H2,24,26,27);1H. The zero-order valence-electron chi connectivity index (χ0n) is 19.0. The molecule has 0 spiro atoms. The quantitative estimate of drug-likeness (QED) is 0.291. The molecule has 2 heterocycles. The summed E-state index contributed by atoms with van der Waals surface area (Å²) in [5, 5.41) is 7.00. The van der Waals surface area contributed by atoms with Crippen LogP contribution in [0.5, 0.6) is 0 Å². The van der Waals surface area contributed by atoms with Crippen LogP contribution in [0, 0.1) is 0 Å². The van der Waals surface area contributed by atoms with Crippen LogP contribution in [0.4, 0.5) is 0 Å². The van der Waals surface area contributed by atoms with Crippen molar-refractivity contribution in [1.29, 1.82) is 0 Å². The zero-order valence-corrected chi connectivity index (χ0v) is 21.3. The van der Waals surface area contributed by atoms with E-state index >= 15 is 0 Å². The third kappa shape index (κ3) is 8.78. The van der Waals surface area contributed by atoms with Crippen LogP contribution < -0.4 is 10.6 Å². The van der Waals surface area contributed by atoms with Gasteiger partial charge in [-0.25, -0.2) is 4.98 Å². The van der Waals surface area contributed by atoms with Gasteiger partial charge < -0.3 is 24.8 Å². The largest absolute Gasteiger partial charge is 0.377 e. The summed E-state index contributed by atoms with van der Waals surface area (Å²) < 4.78 is 7.85. The number of imidazole rings is 1. The van der Waals surface area contributed by atoms with Crippen LogP contribution in [0.1, 0.15) is 38.1 Å². The Morgan fingerprint density at radius 1 is 1.23 bits per heavy atom. The van der Waals surface area contributed by atoms with Crippen molar-refractivity contribution in [3.05, 3.63) is 54.1 Å². The first-order valence-electron chi connectivity index (χ1n) is 11.0. The zero-order chi connectivity index (χ0) is 21.2. The van der Waals surface area contributed by atoms with Crippen LogP contribution in [0.2, 0.25) is 0 Å². The summed E-state index contributed by atoms with van der Waals surface area (Å²) in [6.07, 6.45) is 6.42. The molecule has 0 saturated carbocycles. The molecular formula is C23H37IN6O. The number of rotatable bonds is 9. The highest BCUT2D eigenvalue weighted by molar-refractivity contribution is 14.0. The minimum absolute atomic E-state index is 0. The monoisotopic (exact) mass is 540 g/mol. The fraction of sp³-hybridized carbons (Fsp3) is 0.565. The second kappa shape index (κ2) is 13.7. The summed E-state index contributed by atoms with van der Waals surface area (Å²) in [5.74, 6) is 1.84. The molecule has 31 heavy (non-hydrogen) atoms. The van der Waals surface area contributed by atoms with Crippen molar-refractivity contribution in [3.8, 4) is 0 Å². The number of hydrogen-bond donors (Lipinski definition) is 2. The Bertz CT molecular complexity index is 771. The van der Waals surface area contributed by atoms with E-state index in [0.29, 0.717) is 18.7 Å². The minimum Gasteiger partial charge on any atom is -0.377 e. The molecule has 1 aliphatic heterocycles. The van der Waals surface area contributed by atoms with Crippen LogP contribution in [-0.2, 0) is 17.8 Å². The molecule has 3 rings (SSSR count). The van der Waals surface area contributed by atoms with Crippen LogP contribution in [-0.4, -0.2) is 65.8 Å². The van der Waals surface area contributed by atoms with E-state index in [0.717, 1.165) is 57.4 Å². The normalized spacial score (nSPS) is 15.7. The molecule has 2 N–H and O–H groups in total. The lowest BCUT2D eigenvalue weighted by Crippen LogP contribution is -2.49. The number of ether oxygens (including phenoxy) is 1.